The Morgan fingerprint density at radius 2 is 1.74 bits per heavy atom. The average Bonchev–Trinajstić information content (AvgIpc) is 3.15. The van der Waals surface area contributed by atoms with Gasteiger partial charge in [-0.1, -0.05) is 19.9 Å². The maximum absolute atomic E-state index is 13.5. The van der Waals surface area contributed by atoms with Crippen molar-refractivity contribution in [3.8, 4) is 11.5 Å². The zero-order chi connectivity index (χ0) is 27.2. The van der Waals surface area contributed by atoms with E-state index in [9.17, 15) is 19.1 Å². The molecule has 0 bridgehead atoms. The first-order chi connectivity index (χ1) is 18.3. The highest BCUT2D eigenvalue weighted by molar-refractivity contribution is 6.46. The van der Waals surface area contributed by atoms with Crippen LogP contribution in [-0.4, -0.2) is 39.9 Å². The van der Waals surface area contributed by atoms with Gasteiger partial charge < -0.3 is 19.5 Å². The van der Waals surface area contributed by atoms with Crippen LogP contribution < -0.4 is 9.47 Å². The second kappa shape index (κ2) is 11.9. The van der Waals surface area contributed by atoms with Crippen molar-refractivity contribution in [2.75, 3.05) is 13.2 Å². The number of likely N-dealkylation sites (tertiary alicyclic amines) is 1. The van der Waals surface area contributed by atoms with E-state index < -0.39 is 23.5 Å². The third-order valence-corrected chi connectivity index (χ3v) is 6.30. The van der Waals surface area contributed by atoms with Crippen molar-refractivity contribution in [3.63, 3.8) is 0 Å². The van der Waals surface area contributed by atoms with Crippen molar-refractivity contribution in [2.45, 2.75) is 39.8 Å². The van der Waals surface area contributed by atoms with E-state index in [0.29, 0.717) is 36.2 Å². The molecule has 1 amide bonds. The van der Waals surface area contributed by atoms with Gasteiger partial charge in [0, 0.05) is 24.5 Å². The highest BCUT2D eigenvalue weighted by Crippen LogP contribution is 2.42. The molecule has 3 aromatic rings. The second-order valence-electron chi connectivity index (χ2n) is 9.46. The number of ketones is 1. The van der Waals surface area contributed by atoms with Crippen molar-refractivity contribution in [1.82, 2.24) is 9.88 Å². The van der Waals surface area contributed by atoms with E-state index in [2.05, 4.69) is 18.8 Å². The molecule has 1 saturated heterocycles. The maximum Gasteiger partial charge on any atom is 0.295 e. The Kier molecular flexibility index (Phi) is 8.41. The number of benzene rings is 2. The summed E-state index contributed by atoms with van der Waals surface area (Å²) < 4.78 is 25.4. The Morgan fingerprint density at radius 1 is 1.03 bits per heavy atom. The number of aliphatic hydroxyl groups excluding tert-OH is 1. The minimum atomic E-state index is -0.905. The van der Waals surface area contributed by atoms with Gasteiger partial charge in [0.15, 0.2) is 11.5 Å². The molecule has 2 heterocycles. The molecule has 198 valence electrons. The average molecular weight is 519 g/mol. The van der Waals surface area contributed by atoms with Crippen LogP contribution in [0.2, 0.25) is 0 Å². The molecule has 1 fully saturated rings. The van der Waals surface area contributed by atoms with Gasteiger partial charge >= 0.3 is 0 Å². The Labute approximate surface area is 221 Å². The lowest BCUT2D eigenvalue weighted by atomic mass is 9.94. The molecule has 0 aliphatic carbocycles. The highest BCUT2D eigenvalue weighted by Gasteiger charge is 2.46. The smallest absolute Gasteiger partial charge is 0.295 e. The van der Waals surface area contributed by atoms with Gasteiger partial charge in [-0.2, -0.15) is 0 Å². The Hall–Kier alpha value is -4.20. The number of halogens is 1. The first-order valence-corrected chi connectivity index (χ1v) is 12.6. The monoisotopic (exact) mass is 518 g/mol. The highest BCUT2D eigenvalue weighted by atomic mass is 19.1. The summed E-state index contributed by atoms with van der Waals surface area (Å²) in [6.07, 6.45) is 4.09. The van der Waals surface area contributed by atoms with Crippen LogP contribution in [0.1, 0.15) is 49.9 Å². The molecule has 1 aromatic heterocycles. The molecule has 7 nitrogen and oxygen atoms in total. The predicted molar refractivity (Wildman–Crippen MR) is 141 cm³/mol. The molecule has 2 aromatic carbocycles. The largest absolute Gasteiger partial charge is 0.507 e. The van der Waals surface area contributed by atoms with Crippen LogP contribution in [0.5, 0.6) is 11.5 Å². The van der Waals surface area contributed by atoms with E-state index in [4.69, 9.17) is 9.47 Å². The van der Waals surface area contributed by atoms with Gasteiger partial charge in [0.2, 0.25) is 0 Å². The minimum absolute atomic E-state index is 0.0772. The number of pyridine rings is 1. The lowest BCUT2D eigenvalue weighted by molar-refractivity contribution is -0.140. The summed E-state index contributed by atoms with van der Waals surface area (Å²) in [6.45, 7) is 7.11. The number of ether oxygens (including phenoxy) is 2. The number of carbonyl (C=O) groups is 2. The van der Waals surface area contributed by atoms with Crippen LogP contribution in [0.4, 0.5) is 4.39 Å². The molecule has 1 unspecified atom stereocenters. The SMILES string of the molecule is CCOc1cc(C2C(=C(O)c3ccc(F)cc3)C(=O)C(=O)N2Cc2ccncc2)ccc1OCCC(C)C. The van der Waals surface area contributed by atoms with E-state index in [1.807, 2.05) is 6.92 Å². The number of hydrogen-bond acceptors (Lipinski definition) is 6. The summed E-state index contributed by atoms with van der Waals surface area (Å²) in [7, 11) is 0. The normalized spacial score (nSPS) is 16.8. The van der Waals surface area contributed by atoms with Gasteiger partial charge in [-0.15, -0.1) is 0 Å². The zero-order valence-corrected chi connectivity index (χ0v) is 21.7. The molecular weight excluding hydrogens is 487 g/mol. The van der Waals surface area contributed by atoms with Crippen molar-refractivity contribution in [2.24, 2.45) is 5.92 Å². The summed E-state index contributed by atoms with van der Waals surface area (Å²) >= 11 is 0. The fourth-order valence-corrected chi connectivity index (χ4v) is 4.32. The first kappa shape index (κ1) is 26.9. The maximum atomic E-state index is 13.5. The van der Waals surface area contributed by atoms with Gasteiger partial charge in [-0.25, -0.2) is 4.39 Å². The van der Waals surface area contributed by atoms with Gasteiger partial charge in [-0.3, -0.25) is 14.6 Å². The molecule has 8 heteroatoms. The Morgan fingerprint density at radius 3 is 2.39 bits per heavy atom. The van der Waals surface area contributed by atoms with Crippen LogP contribution in [0, 0.1) is 11.7 Å². The number of aromatic nitrogens is 1. The number of carbonyl (C=O) groups excluding carboxylic acids is 2. The molecular formula is C30H31FN2O5. The van der Waals surface area contributed by atoms with Crippen LogP contribution in [-0.2, 0) is 16.1 Å². The van der Waals surface area contributed by atoms with E-state index in [1.54, 1.807) is 42.7 Å². The molecule has 0 radical (unpaired) electrons. The summed E-state index contributed by atoms with van der Waals surface area (Å²) in [4.78, 5) is 32.0. The topological polar surface area (TPSA) is 89.0 Å². The number of Topliss-reactive ketones (excluding diaryl/α,β-unsaturated/α-hetero) is 1. The molecule has 4 rings (SSSR count). The summed E-state index contributed by atoms with van der Waals surface area (Å²) in [5, 5.41) is 11.2. The summed E-state index contributed by atoms with van der Waals surface area (Å²) in [6, 6.07) is 13.0. The van der Waals surface area contributed by atoms with Gasteiger partial charge in [0.05, 0.1) is 24.8 Å². The van der Waals surface area contributed by atoms with Crippen LogP contribution in [0.3, 0.4) is 0 Å². The molecule has 0 spiro atoms. The fraction of sp³-hybridized carbons (Fsp3) is 0.300. The molecule has 1 aliphatic heterocycles. The number of amides is 1. The number of hydrogen-bond donors (Lipinski definition) is 1. The third kappa shape index (κ3) is 5.85. The van der Waals surface area contributed by atoms with E-state index in [1.165, 1.54) is 29.2 Å². The number of nitrogens with zero attached hydrogens (tertiary/aromatic N) is 2. The zero-order valence-electron chi connectivity index (χ0n) is 21.7. The van der Waals surface area contributed by atoms with Crippen molar-refractivity contribution in [1.29, 1.82) is 0 Å². The van der Waals surface area contributed by atoms with Gasteiger partial charge in [0.1, 0.15) is 11.6 Å². The quantitative estimate of drug-likeness (QED) is 0.211. The lowest BCUT2D eigenvalue weighted by Gasteiger charge is -2.26. The Bertz CT molecular complexity index is 1320. The molecule has 1 N–H and O–H groups in total. The van der Waals surface area contributed by atoms with Crippen molar-refractivity contribution >= 4 is 17.4 Å². The number of aliphatic hydroxyl groups is 1. The Balaban J connectivity index is 1.81. The standard InChI is InChI=1S/C30H31FN2O5/c1-4-37-25-17-22(7-10-24(25)38-16-13-19(2)3)27-26(28(34)21-5-8-23(31)9-6-21)29(35)30(36)33(27)18-20-11-14-32-15-12-20/h5-12,14-15,17,19,27,34H,4,13,16,18H2,1-3H3. The van der Waals surface area contributed by atoms with Crippen LogP contribution in [0.15, 0.2) is 72.6 Å². The van der Waals surface area contributed by atoms with Crippen molar-refractivity contribution < 1.29 is 28.6 Å². The molecule has 1 atom stereocenters. The molecule has 0 saturated carbocycles. The number of rotatable bonds is 10. The fourth-order valence-electron chi connectivity index (χ4n) is 4.32. The summed E-state index contributed by atoms with van der Waals surface area (Å²) in [5.41, 5.74) is 1.50. The minimum Gasteiger partial charge on any atom is -0.507 e. The second-order valence-corrected chi connectivity index (χ2v) is 9.46. The lowest BCUT2D eigenvalue weighted by Crippen LogP contribution is -2.29. The van der Waals surface area contributed by atoms with Crippen LogP contribution in [0.25, 0.3) is 5.76 Å². The molecule has 1 aliphatic rings. The molecule has 38 heavy (non-hydrogen) atoms. The predicted octanol–water partition coefficient (Wildman–Crippen LogP) is 5.67. The van der Waals surface area contributed by atoms with Crippen LogP contribution >= 0.6 is 0 Å². The van der Waals surface area contributed by atoms with Gasteiger partial charge in [0.25, 0.3) is 11.7 Å². The van der Waals surface area contributed by atoms with E-state index in [0.717, 1.165) is 12.0 Å². The third-order valence-electron chi connectivity index (χ3n) is 6.30. The first-order valence-electron chi connectivity index (χ1n) is 12.6. The van der Waals surface area contributed by atoms with Gasteiger partial charge in [-0.05, 0) is 78.9 Å². The van der Waals surface area contributed by atoms with E-state index >= 15 is 0 Å². The van der Waals surface area contributed by atoms with Crippen molar-refractivity contribution in [3.05, 3.63) is 95.1 Å². The summed E-state index contributed by atoms with van der Waals surface area (Å²) in [5.74, 6) is -0.909. The van der Waals surface area contributed by atoms with E-state index in [-0.39, 0.29) is 23.4 Å².